The Morgan fingerprint density at radius 3 is 1.85 bits per heavy atom. The lowest BCUT2D eigenvalue weighted by Crippen LogP contribution is -2.14. The molecule has 0 aromatic carbocycles. The van der Waals surface area contributed by atoms with E-state index in [9.17, 15) is 0 Å². The van der Waals surface area contributed by atoms with Crippen molar-refractivity contribution in [3.8, 4) is 0 Å². The second kappa shape index (κ2) is 9.71. The Morgan fingerprint density at radius 1 is 1.23 bits per heavy atom. The first-order valence-electron chi connectivity index (χ1n) is 4.60. The van der Waals surface area contributed by atoms with E-state index in [1.165, 1.54) is 6.08 Å². The van der Waals surface area contributed by atoms with Crippen molar-refractivity contribution in [1.82, 2.24) is 0 Å². The Kier molecular flexibility index (Phi) is 11.3. The molecule has 2 atom stereocenters. The van der Waals surface area contributed by atoms with E-state index in [4.69, 9.17) is 15.3 Å². The molecular formula is C10H22O3. The summed E-state index contributed by atoms with van der Waals surface area (Å²) in [5, 5.41) is 25.9. The van der Waals surface area contributed by atoms with Crippen LogP contribution < -0.4 is 0 Å². The zero-order valence-corrected chi connectivity index (χ0v) is 8.77. The van der Waals surface area contributed by atoms with Crippen LogP contribution in [-0.2, 0) is 0 Å². The summed E-state index contributed by atoms with van der Waals surface area (Å²) in [7, 11) is 0. The van der Waals surface area contributed by atoms with Gasteiger partial charge in [0.05, 0.1) is 12.2 Å². The monoisotopic (exact) mass is 190 g/mol. The van der Waals surface area contributed by atoms with Crippen molar-refractivity contribution >= 4 is 0 Å². The molecule has 0 saturated heterocycles. The fourth-order valence-corrected chi connectivity index (χ4v) is 0.542. The lowest BCUT2D eigenvalue weighted by atomic mass is 10.1. The molecule has 80 valence electrons. The van der Waals surface area contributed by atoms with Crippen LogP contribution in [0.1, 0.15) is 33.6 Å². The van der Waals surface area contributed by atoms with E-state index in [1.807, 2.05) is 6.92 Å². The number of rotatable bonds is 4. The third-order valence-corrected chi connectivity index (χ3v) is 1.26. The molecular weight excluding hydrogens is 168 g/mol. The molecule has 0 aliphatic carbocycles. The number of hydrogen-bond acceptors (Lipinski definition) is 3. The maximum absolute atomic E-state index is 8.95. The van der Waals surface area contributed by atoms with Gasteiger partial charge >= 0.3 is 0 Å². The summed E-state index contributed by atoms with van der Waals surface area (Å²) in [5.41, 5.74) is 0. The number of aliphatic hydroxyl groups excluding tert-OH is 3. The van der Waals surface area contributed by atoms with E-state index >= 15 is 0 Å². The molecule has 0 bridgehead atoms. The summed E-state index contributed by atoms with van der Waals surface area (Å²) >= 11 is 0. The zero-order valence-electron chi connectivity index (χ0n) is 8.77. The third kappa shape index (κ3) is 18.5. The fourth-order valence-electron chi connectivity index (χ4n) is 0.542. The van der Waals surface area contributed by atoms with Crippen molar-refractivity contribution < 1.29 is 15.3 Å². The summed E-state index contributed by atoms with van der Waals surface area (Å²) in [6.07, 6.45) is 1.40. The maximum Gasteiger partial charge on any atom is 0.0742 e. The van der Waals surface area contributed by atoms with Gasteiger partial charge in [0.2, 0.25) is 0 Å². The molecule has 0 aliphatic rings. The molecule has 0 radical (unpaired) electrons. The van der Waals surface area contributed by atoms with E-state index in [0.29, 0.717) is 12.8 Å². The molecule has 0 rings (SSSR count). The summed E-state index contributed by atoms with van der Waals surface area (Å²) in [4.78, 5) is 0. The van der Waals surface area contributed by atoms with Crippen LogP contribution >= 0.6 is 0 Å². The van der Waals surface area contributed by atoms with Crippen LogP contribution in [0.5, 0.6) is 0 Å². The molecule has 0 aromatic rings. The fraction of sp³-hybridized carbons (Fsp3) is 0.800. The van der Waals surface area contributed by atoms with Gasteiger partial charge in [-0.05, 0) is 20.3 Å². The summed E-state index contributed by atoms with van der Waals surface area (Å²) in [5.74, 6) is 0. The average Bonchev–Trinajstić information content (AvgIpc) is 2.03. The van der Waals surface area contributed by atoms with Crippen molar-refractivity contribution in [2.75, 3.05) is 0 Å². The van der Waals surface area contributed by atoms with Gasteiger partial charge < -0.3 is 15.3 Å². The van der Waals surface area contributed by atoms with Gasteiger partial charge in [-0.2, -0.15) is 0 Å². The highest BCUT2D eigenvalue weighted by Crippen LogP contribution is 2.01. The van der Waals surface area contributed by atoms with Crippen LogP contribution in [-0.4, -0.2) is 33.6 Å². The minimum absolute atomic E-state index is 0.167. The van der Waals surface area contributed by atoms with Gasteiger partial charge in [0.25, 0.3) is 0 Å². The Bertz CT molecular complexity index is 110. The summed E-state index contributed by atoms with van der Waals surface area (Å²) in [6.45, 7) is 8.71. The van der Waals surface area contributed by atoms with Crippen LogP contribution in [0.15, 0.2) is 12.7 Å². The smallest absolute Gasteiger partial charge is 0.0742 e. The van der Waals surface area contributed by atoms with Crippen LogP contribution in [0, 0.1) is 0 Å². The lowest BCUT2D eigenvalue weighted by Gasteiger charge is -2.09. The molecule has 0 fully saturated rings. The van der Waals surface area contributed by atoms with Crippen molar-refractivity contribution in [3.05, 3.63) is 12.7 Å². The predicted molar refractivity (Wildman–Crippen MR) is 54.5 cm³/mol. The van der Waals surface area contributed by atoms with Gasteiger partial charge in [-0.15, -0.1) is 6.58 Å². The van der Waals surface area contributed by atoms with Gasteiger partial charge in [-0.3, -0.25) is 0 Å². The minimum Gasteiger partial charge on any atom is -0.394 e. The van der Waals surface area contributed by atoms with Crippen molar-refractivity contribution in [2.24, 2.45) is 0 Å². The molecule has 0 saturated carbocycles. The van der Waals surface area contributed by atoms with E-state index in [2.05, 4.69) is 6.58 Å². The highest BCUT2D eigenvalue weighted by atomic mass is 16.3. The second-order valence-corrected chi connectivity index (χ2v) is 3.19. The van der Waals surface area contributed by atoms with E-state index < -0.39 is 12.2 Å². The summed E-state index contributed by atoms with van der Waals surface area (Å²) < 4.78 is 0. The highest BCUT2D eigenvalue weighted by Gasteiger charge is 2.04. The molecule has 0 heterocycles. The van der Waals surface area contributed by atoms with E-state index in [-0.39, 0.29) is 6.10 Å². The zero-order chi connectivity index (χ0) is 10.9. The first-order chi connectivity index (χ1) is 5.93. The van der Waals surface area contributed by atoms with Gasteiger partial charge in [0.1, 0.15) is 0 Å². The molecule has 0 amide bonds. The Balaban J connectivity index is 0. The number of hydrogen-bond donors (Lipinski definition) is 3. The Hall–Kier alpha value is -0.380. The Labute approximate surface area is 80.7 Å². The number of aliphatic hydroxyl groups is 3. The Morgan fingerprint density at radius 2 is 1.62 bits per heavy atom. The standard InChI is InChI=1S/C7H14O2.C3H8O/c1-3-6(8)5-7(9)4-2;1-3(2)4/h3,6-9H,1,4-5H2,2H3;3-4H,1-2H3. The molecule has 0 aromatic heterocycles. The van der Waals surface area contributed by atoms with Crippen LogP contribution in [0.3, 0.4) is 0 Å². The largest absolute Gasteiger partial charge is 0.394 e. The third-order valence-electron chi connectivity index (χ3n) is 1.26. The van der Waals surface area contributed by atoms with Crippen molar-refractivity contribution in [2.45, 2.75) is 51.9 Å². The summed E-state index contributed by atoms with van der Waals surface area (Å²) in [6, 6.07) is 0. The molecule has 3 heteroatoms. The second-order valence-electron chi connectivity index (χ2n) is 3.19. The highest BCUT2D eigenvalue weighted by molar-refractivity contribution is 4.79. The van der Waals surface area contributed by atoms with E-state index in [0.717, 1.165) is 0 Å². The molecule has 2 unspecified atom stereocenters. The SMILES string of the molecule is C=CC(O)CC(O)CC.CC(C)O. The van der Waals surface area contributed by atoms with Gasteiger partial charge in [-0.1, -0.05) is 13.0 Å². The minimum atomic E-state index is -0.556. The average molecular weight is 190 g/mol. The molecule has 13 heavy (non-hydrogen) atoms. The van der Waals surface area contributed by atoms with Crippen LogP contribution in [0.2, 0.25) is 0 Å². The molecule has 0 spiro atoms. The molecule has 3 nitrogen and oxygen atoms in total. The first-order valence-corrected chi connectivity index (χ1v) is 4.60. The topological polar surface area (TPSA) is 60.7 Å². The maximum atomic E-state index is 8.95. The van der Waals surface area contributed by atoms with Gasteiger partial charge in [-0.25, -0.2) is 0 Å². The quantitative estimate of drug-likeness (QED) is 0.581. The van der Waals surface area contributed by atoms with Crippen molar-refractivity contribution in [1.29, 1.82) is 0 Å². The molecule has 0 aliphatic heterocycles. The van der Waals surface area contributed by atoms with E-state index in [1.54, 1.807) is 13.8 Å². The normalized spacial score (nSPS) is 14.4. The van der Waals surface area contributed by atoms with Gasteiger partial charge in [0.15, 0.2) is 0 Å². The van der Waals surface area contributed by atoms with Crippen LogP contribution in [0.25, 0.3) is 0 Å². The molecule has 3 N–H and O–H groups in total. The predicted octanol–water partition coefficient (Wildman–Crippen LogP) is 1.08. The lowest BCUT2D eigenvalue weighted by molar-refractivity contribution is 0.101. The van der Waals surface area contributed by atoms with Gasteiger partial charge in [0, 0.05) is 12.5 Å². The van der Waals surface area contributed by atoms with Crippen LogP contribution in [0.4, 0.5) is 0 Å². The van der Waals surface area contributed by atoms with Crippen molar-refractivity contribution in [3.63, 3.8) is 0 Å². The first kappa shape index (κ1) is 15.1.